The molecule has 1 aromatic heterocycles. The van der Waals surface area contributed by atoms with Gasteiger partial charge in [0.15, 0.2) is 4.34 Å². The van der Waals surface area contributed by atoms with E-state index in [9.17, 15) is 0 Å². The maximum absolute atomic E-state index is 4.62. The minimum absolute atomic E-state index is 0.910. The molecule has 0 atom stereocenters. The zero-order valence-electron chi connectivity index (χ0n) is 9.72. The lowest BCUT2D eigenvalue weighted by Crippen LogP contribution is -1.89. The van der Waals surface area contributed by atoms with Gasteiger partial charge in [-0.1, -0.05) is 30.9 Å². The molecule has 3 rings (SSSR count). The van der Waals surface area contributed by atoms with E-state index < -0.39 is 0 Å². The van der Waals surface area contributed by atoms with E-state index in [1.54, 1.807) is 23.3 Å². The Morgan fingerprint density at radius 3 is 2.89 bits per heavy atom. The lowest BCUT2D eigenvalue weighted by Gasteiger charge is -2.04. The zero-order chi connectivity index (χ0) is 12.4. The average molecular weight is 272 g/mol. The van der Waals surface area contributed by atoms with Gasteiger partial charge in [0.25, 0.3) is 0 Å². The summed E-state index contributed by atoms with van der Waals surface area (Å²) in [5.74, 6) is 0. The molecule has 0 unspecified atom stereocenters. The largest absolute Gasteiger partial charge is 0.324 e. The predicted molar refractivity (Wildman–Crippen MR) is 80.7 cm³/mol. The Labute approximate surface area is 115 Å². The van der Waals surface area contributed by atoms with E-state index in [-0.39, 0.29) is 0 Å². The lowest BCUT2D eigenvalue weighted by molar-refractivity contribution is 1.18. The van der Waals surface area contributed by atoms with Gasteiger partial charge in [0.05, 0.1) is 10.6 Å². The second-order valence-corrected chi connectivity index (χ2v) is 6.06. The summed E-state index contributed by atoms with van der Waals surface area (Å²) in [5.41, 5.74) is 3.25. The van der Waals surface area contributed by atoms with Crippen LogP contribution in [0.2, 0.25) is 0 Å². The van der Waals surface area contributed by atoms with Gasteiger partial charge in [-0.25, -0.2) is 4.98 Å². The van der Waals surface area contributed by atoms with Crippen molar-refractivity contribution in [1.29, 1.82) is 0 Å². The molecule has 0 radical (unpaired) electrons. The van der Waals surface area contributed by atoms with Gasteiger partial charge in [0, 0.05) is 17.6 Å². The van der Waals surface area contributed by atoms with E-state index in [4.69, 9.17) is 0 Å². The van der Waals surface area contributed by atoms with Crippen molar-refractivity contribution in [2.75, 3.05) is 4.72 Å². The third-order valence-corrected chi connectivity index (χ3v) is 4.55. The molecule has 1 aliphatic rings. The van der Waals surface area contributed by atoms with Crippen LogP contribution in [0, 0.1) is 0 Å². The van der Waals surface area contributed by atoms with E-state index in [0.29, 0.717) is 0 Å². The van der Waals surface area contributed by atoms with E-state index in [1.165, 1.54) is 4.88 Å². The van der Waals surface area contributed by atoms with Gasteiger partial charge in [0.1, 0.15) is 0 Å². The number of rotatable bonds is 3. The molecular weight excluding hydrogens is 260 g/mol. The Hall–Kier alpha value is -1.52. The second-order valence-electron chi connectivity index (χ2n) is 3.97. The van der Waals surface area contributed by atoms with Crippen molar-refractivity contribution in [2.24, 2.45) is 0 Å². The highest BCUT2D eigenvalue weighted by Gasteiger charge is 2.14. The molecule has 90 valence electrons. The highest BCUT2D eigenvalue weighted by Crippen LogP contribution is 2.35. The molecule has 1 aromatic carbocycles. The molecule has 2 nitrogen and oxygen atoms in total. The second kappa shape index (κ2) is 5.00. The summed E-state index contributed by atoms with van der Waals surface area (Å²) in [6.45, 7) is 4.05. The fourth-order valence-electron chi connectivity index (χ4n) is 1.74. The first-order chi connectivity index (χ1) is 8.83. The molecule has 2 aromatic rings. The fourth-order valence-corrected chi connectivity index (χ4v) is 3.55. The molecule has 0 amide bonds. The van der Waals surface area contributed by atoms with Gasteiger partial charge in [-0.05, 0) is 30.2 Å². The monoisotopic (exact) mass is 272 g/mol. The molecule has 4 heteroatoms. The summed E-state index contributed by atoms with van der Waals surface area (Å²) < 4.78 is 4.32. The van der Waals surface area contributed by atoms with Crippen molar-refractivity contribution in [3.05, 3.63) is 53.6 Å². The van der Waals surface area contributed by atoms with E-state index in [0.717, 1.165) is 27.7 Å². The van der Waals surface area contributed by atoms with E-state index >= 15 is 0 Å². The van der Waals surface area contributed by atoms with Crippen LogP contribution < -0.4 is 4.72 Å². The van der Waals surface area contributed by atoms with Crippen LogP contribution in [0.25, 0.3) is 11.6 Å². The molecule has 1 aliphatic carbocycles. The van der Waals surface area contributed by atoms with Crippen molar-refractivity contribution >= 4 is 40.6 Å². The number of fused-ring (bicyclic) bond motifs is 1. The lowest BCUT2D eigenvalue weighted by atomic mass is 10.1. The summed E-state index contributed by atoms with van der Waals surface area (Å²) in [5, 5.41) is 0. The fraction of sp³-hybridized carbons (Fsp3) is 0.0714. The number of thiazole rings is 1. The molecule has 18 heavy (non-hydrogen) atoms. The Morgan fingerprint density at radius 2 is 2.11 bits per heavy atom. The molecule has 0 aliphatic heterocycles. The zero-order valence-corrected chi connectivity index (χ0v) is 11.4. The first-order valence-electron chi connectivity index (χ1n) is 5.66. The van der Waals surface area contributed by atoms with Crippen LogP contribution in [0.5, 0.6) is 0 Å². The first kappa shape index (κ1) is 11.6. The van der Waals surface area contributed by atoms with Crippen molar-refractivity contribution < 1.29 is 0 Å². The standard InChI is InChI=1S/C14H12N2S2/c1-10-6-5-9-12-13(10)15-14(17-12)18-16-11-7-3-2-4-8-11/h2-5,7-9,16H,1,6H2. The van der Waals surface area contributed by atoms with Crippen molar-refractivity contribution in [3.8, 4) is 0 Å². The Bertz CT molecular complexity index is 600. The molecule has 1 heterocycles. The van der Waals surface area contributed by atoms with E-state index in [2.05, 4.69) is 28.4 Å². The normalized spacial score (nSPS) is 13.4. The number of benzene rings is 1. The van der Waals surface area contributed by atoms with Crippen LogP contribution in [-0.4, -0.2) is 4.98 Å². The highest BCUT2D eigenvalue weighted by molar-refractivity contribution is 8.02. The molecule has 0 spiro atoms. The molecule has 1 N–H and O–H groups in total. The first-order valence-corrected chi connectivity index (χ1v) is 7.29. The molecule has 0 fully saturated rings. The topological polar surface area (TPSA) is 24.9 Å². The number of allylic oxidation sites excluding steroid dienone is 2. The van der Waals surface area contributed by atoms with Crippen LogP contribution in [0.15, 0.2) is 47.3 Å². The number of nitrogens with zero attached hydrogens (tertiary/aromatic N) is 1. The summed E-state index contributed by atoms with van der Waals surface area (Å²) in [4.78, 5) is 5.83. The highest BCUT2D eigenvalue weighted by atomic mass is 32.2. The summed E-state index contributed by atoms with van der Waals surface area (Å²) >= 11 is 3.25. The quantitative estimate of drug-likeness (QED) is 0.820. The van der Waals surface area contributed by atoms with Gasteiger partial charge < -0.3 is 4.72 Å². The third kappa shape index (κ3) is 2.35. The summed E-state index contributed by atoms with van der Waals surface area (Å²) in [7, 11) is 0. The number of anilines is 1. The maximum Gasteiger partial charge on any atom is 0.171 e. The van der Waals surface area contributed by atoms with Crippen molar-refractivity contribution in [1.82, 2.24) is 4.98 Å². The third-order valence-electron chi connectivity index (χ3n) is 2.63. The maximum atomic E-state index is 4.62. The molecule has 0 bridgehead atoms. The number of hydrogen-bond donors (Lipinski definition) is 1. The summed E-state index contributed by atoms with van der Waals surface area (Å²) in [6, 6.07) is 10.1. The average Bonchev–Trinajstić information content (AvgIpc) is 2.82. The number of para-hydroxylation sites is 1. The van der Waals surface area contributed by atoms with Gasteiger partial charge in [-0.2, -0.15) is 0 Å². The number of hydrogen-bond acceptors (Lipinski definition) is 4. The predicted octanol–water partition coefficient (Wildman–Crippen LogP) is 4.69. The minimum Gasteiger partial charge on any atom is -0.324 e. The Kier molecular flexibility index (Phi) is 3.21. The van der Waals surface area contributed by atoms with E-state index in [1.807, 2.05) is 30.3 Å². The molecule has 0 saturated carbocycles. The SMILES string of the molecule is C=C1CC=Cc2sc(SNc3ccccc3)nc21. The smallest absolute Gasteiger partial charge is 0.171 e. The van der Waals surface area contributed by atoms with Crippen LogP contribution in [0.1, 0.15) is 17.0 Å². The van der Waals surface area contributed by atoms with Gasteiger partial charge in [-0.15, -0.1) is 11.3 Å². The summed E-state index contributed by atoms with van der Waals surface area (Å²) in [6.07, 6.45) is 5.18. The minimum atomic E-state index is 0.910. The molecular formula is C14H12N2S2. The van der Waals surface area contributed by atoms with Crippen LogP contribution in [-0.2, 0) is 0 Å². The van der Waals surface area contributed by atoms with Crippen LogP contribution in [0.3, 0.4) is 0 Å². The van der Waals surface area contributed by atoms with Crippen molar-refractivity contribution in [3.63, 3.8) is 0 Å². The number of nitrogens with one attached hydrogen (secondary N) is 1. The van der Waals surface area contributed by atoms with Crippen LogP contribution >= 0.6 is 23.3 Å². The van der Waals surface area contributed by atoms with Gasteiger partial charge in [-0.3, -0.25) is 0 Å². The number of aromatic nitrogens is 1. The Morgan fingerprint density at radius 1 is 1.28 bits per heavy atom. The Balaban J connectivity index is 1.75. The van der Waals surface area contributed by atoms with Crippen molar-refractivity contribution in [2.45, 2.75) is 10.8 Å². The van der Waals surface area contributed by atoms with Gasteiger partial charge in [0.2, 0.25) is 0 Å². The van der Waals surface area contributed by atoms with Crippen LogP contribution in [0.4, 0.5) is 5.69 Å². The molecule has 0 saturated heterocycles. The van der Waals surface area contributed by atoms with Gasteiger partial charge >= 0.3 is 0 Å².